The van der Waals surface area contributed by atoms with E-state index in [1.807, 2.05) is 48.5 Å². The molecule has 2 aromatic carbocycles. The Bertz CT molecular complexity index is 862. The van der Waals surface area contributed by atoms with Gasteiger partial charge in [0.15, 0.2) is 0 Å². The first-order chi connectivity index (χ1) is 12.5. The predicted octanol–water partition coefficient (Wildman–Crippen LogP) is 5.36. The summed E-state index contributed by atoms with van der Waals surface area (Å²) in [6, 6.07) is 16.0. The van der Waals surface area contributed by atoms with Crippen molar-refractivity contribution in [2.75, 3.05) is 6.61 Å². The van der Waals surface area contributed by atoms with E-state index in [1.165, 1.54) is 11.8 Å². The van der Waals surface area contributed by atoms with E-state index in [4.69, 9.17) is 17.0 Å². The molecule has 0 aromatic heterocycles. The Labute approximate surface area is 167 Å². The van der Waals surface area contributed by atoms with E-state index < -0.39 is 0 Å². The number of para-hydroxylation sites is 1. The number of carbonyl (C=O) groups excluding carboxylic acids is 1. The van der Waals surface area contributed by atoms with Gasteiger partial charge in [-0.3, -0.25) is 4.79 Å². The minimum Gasteiger partial charge on any atom is -0.492 e. The van der Waals surface area contributed by atoms with E-state index in [2.05, 4.69) is 25.2 Å². The van der Waals surface area contributed by atoms with Gasteiger partial charge in [0, 0.05) is 4.90 Å². The number of carbonyl (C=O) groups is 1. The zero-order chi connectivity index (χ0) is 18.5. The SMILES string of the molecule is CC(C)COc1ccccc1Sc1ccccc1C=C1SC(=S)NC1=O. The number of amides is 1. The predicted molar refractivity (Wildman–Crippen MR) is 114 cm³/mol. The Morgan fingerprint density at radius 2 is 1.85 bits per heavy atom. The molecule has 0 atom stereocenters. The standard InChI is InChI=1S/C20H19NO2S3/c1-13(2)12-23-15-8-4-6-10-17(15)25-16-9-5-3-7-14(16)11-18-19(22)21-20(24)26-18/h3-11,13H,12H2,1-2H3,(H,21,22,24). The largest absolute Gasteiger partial charge is 0.492 e. The molecular formula is C20H19NO2S3. The first-order valence-electron chi connectivity index (χ1n) is 8.26. The van der Waals surface area contributed by atoms with Crippen molar-refractivity contribution in [1.29, 1.82) is 0 Å². The van der Waals surface area contributed by atoms with Crippen LogP contribution in [-0.4, -0.2) is 16.8 Å². The Morgan fingerprint density at radius 3 is 2.54 bits per heavy atom. The van der Waals surface area contributed by atoms with E-state index in [9.17, 15) is 4.79 Å². The third-order valence-corrected chi connectivity index (χ3v) is 5.80. The zero-order valence-corrected chi connectivity index (χ0v) is 17.0. The Hall–Kier alpha value is -1.76. The fourth-order valence-electron chi connectivity index (χ4n) is 2.28. The quantitative estimate of drug-likeness (QED) is 0.521. The molecule has 0 spiro atoms. The lowest BCUT2D eigenvalue weighted by Crippen LogP contribution is -2.17. The molecule has 1 amide bonds. The van der Waals surface area contributed by atoms with Crippen molar-refractivity contribution >= 4 is 52.0 Å². The van der Waals surface area contributed by atoms with Crippen LogP contribution in [0.4, 0.5) is 0 Å². The zero-order valence-electron chi connectivity index (χ0n) is 14.5. The lowest BCUT2D eigenvalue weighted by atomic mass is 10.2. The molecule has 0 unspecified atom stereocenters. The average molecular weight is 402 g/mol. The molecule has 1 N–H and O–H groups in total. The maximum absolute atomic E-state index is 11.9. The molecule has 6 heteroatoms. The molecule has 3 nitrogen and oxygen atoms in total. The molecule has 0 aliphatic carbocycles. The average Bonchev–Trinajstić information content (AvgIpc) is 2.93. The normalized spacial score (nSPS) is 15.6. The lowest BCUT2D eigenvalue weighted by molar-refractivity contribution is -0.115. The van der Waals surface area contributed by atoms with E-state index in [-0.39, 0.29) is 5.91 Å². The molecular weight excluding hydrogens is 382 g/mol. The van der Waals surface area contributed by atoms with Gasteiger partial charge in [0.05, 0.1) is 16.4 Å². The molecule has 1 aliphatic rings. The van der Waals surface area contributed by atoms with Crippen LogP contribution in [0.2, 0.25) is 0 Å². The van der Waals surface area contributed by atoms with Crippen molar-refractivity contribution < 1.29 is 9.53 Å². The summed E-state index contributed by atoms with van der Waals surface area (Å²) in [4.78, 5) is 14.7. The van der Waals surface area contributed by atoms with Crippen molar-refractivity contribution in [3.05, 3.63) is 59.0 Å². The smallest absolute Gasteiger partial charge is 0.263 e. The minimum absolute atomic E-state index is 0.138. The summed E-state index contributed by atoms with van der Waals surface area (Å²) in [7, 11) is 0. The second-order valence-electron chi connectivity index (χ2n) is 6.14. The molecule has 26 heavy (non-hydrogen) atoms. The van der Waals surface area contributed by atoms with Gasteiger partial charge >= 0.3 is 0 Å². The highest BCUT2D eigenvalue weighted by atomic mass is 32.2. The Balaban J connectivity index is 1.87. The van der Waals surface area contributed by atoms with Crippen LogP contribution in [0.3, 0.4) is 0 Å². The van der Waals surface area contributed by atoms with Crippen molar-refractivity contribution in [1.82, 2.24) is 5.32 Å². The molecule has 2 aromatic rings. The fourth-order valence-corrected chi connectivity index (χ4v) is 4.32. The maximum Gasteiger partial charge on any atom is 0.263 e. The van der Waals surface area contributed by atoms with Gasteiger partial charge in [0.1, 0.15) is 10.1 Å². The molecule has 3 rings (SSSR count). The number of ether oxygens (including phenoxy) is 1. The van der Waals surface area contributed by atoms with Crippen molar-refractivity contribution in [2.45, 2.75) is 23.6 Å². The Morgan fingerprint density at radius 1 is 1.15 bits per heavy atom. The molecule has 134 valence electrons. The Kier molecular flexibility index (Phi) is 6.40. The number of hydrogen-bond donors (Lipinski definition) is 1. The van der Waals surface area contributed by atoms with E-state index in [1.54, 1.807) is 11.8 Å². The van der Waals surface area contributed by atoms with Gasteiger partial charge in [-0.05, 0) is 35.8 Å². The van der Waals surface area contributed by atoms with Crippen LogP contribution >= 0.6 is 35.7 Å². The number of nitrogens with one attached hydrogen (secondary N) is 1. The van der Waals surface area contributed by atoms with Crippen LogP contribution in [0.15, 0.2) is 63.2 Å². The van der Waals surface area contributed by atoms with Crippen LogP contribution in [0.5, 0.6) is 5.75 Å². The van der Waals surface area contributed by atoms with Gasteiger partial charge in [0.2, 0.25) is 0 Å². The van der Waals surface area contributed by atoms with Gasteiger partial charge in [-0.15, -0.1) is 0 Å². The molecule has 0 radical (unpaired) electrons. The number of hydrogen-bond acceptors (Lipinski definition) is 5. The van der Waals surface area contributed by atoms with Crippen LogP contribution in [0, 0.1) is 5.92 Å². The molecule has 1 heterocycles. The highest BCUT2D eigenvalue weighted by molar-refractivity contribution is 8.26. The highest BCUT2D eigenvalue weighted by Gasteiger charge is 2.22. The van der Waals surface area contributed by atoms with Crippen molar-refractivity contribution in [3.63, 3.8) is 0 Å². The summed E-state index contributed by atoms with van der Waals surface area (Å²) in [5.74, 6) is 1.20. The molecule has 1 fully saturated rings. The number of benzene rings is 2. The van der Waals surface area contributed by atoms with E-state index in [0.29, 0.717) is 21.8 Å². The van der Waals surface area contributed by atoms with Crippen LogP contribution < -0.4 is 10.1 Å². The maximum atomic E-state index is 11.9. The first kappa shape index (κ1) is 19.0. The number of thiocarbonyl (C=S) groups is 1. The van der Waals surface area contributed by atoms with Crippen molar-refractivity contribution in [3.8, 4) is 5.75 Å². The van der Waals surface area contributed by atoms with E-state index >= 15 is 0 Å². The molecule has 1 saturated heterocycles. The summed E-state index contributed by atoms with van der Waals surface area (Å²) in [5, 5.41) is 2.65. The summed E-state index contributed by atoms with van der Waals surface area (Å²) < 4.78 is 6.45. The van der Waals surface area contributed by atoms with Gasteiger partial charge in [0.25, 0.3) is 5.91 Å². The van der Waals surface area contributed by atoms with Crippen LogP contribution in [0.25, 0.3) is 6.08 Å². The molecule has 1 aliphatic heterocycles. The highest BCUT2D eigenvalue weighted by Crippen LogP contribution is 2.38. The van der Waals surface area contributed by atoms with Gasteiger partial charge in [-0.2, -0.15) is 0 Å². The summed E-state index contributed by atoms with van der Waals surface area (Å²) in [6.07, 6.45) is 1.89. The van der Waals surface area contributed by atoms with Gasteiger partial charge < -0.3 is 10.1 Å². The second kappa shape index (κ2) is 8.75. The van der Waals surface area contributed by atoms with Crippen LogP contribution in [-0.2, 0) is 4.79 Å². The minimum atomic E-state index is -0.138. The number of rotatable bonds is 6. The van der Waals surface area contributed by atoms with E-state index in [0.717, 1.165) is 21.1 Å². The second-order valence-corrected chi connectivity index (χ2v) is 8.95. The number of thioether (sulfide) groups is 1. The first-order valence-corrected chi connectivity index (χ1v) is 10.3. The topological polar surface area (TPSA) is 38.3 Å². The van der Waals surface area contributed by atoms with Crippen molar-refractivity contribution in [2.24, 2.45) is 5.92 Å². The van der Waals surface area contributed by atoms with Gasteiger partial charge in [-0.25, -0.2) is 0 Å². The molecule has 0 saturated carbocycles. The third kappa shape index (κ3) is 4.90. The summed E-state index contributed by atoms with van der Waals surface area (Å²) in [6.45, 7) is 4.94. The van der Waals surface area contributed by atoms with Crippen LogP contribution in [0.1, 0.15) is 19.4 Å². The van der Waals surface area contributed by atoms with Gasteiger partial charge in [-0.1, -0.05) is 79.9 Å². The monoisotopic (exact) mass is 401 g/mol. The fraction of sp³-hybridized carbons (Fsp3) is 0.200. The lowest BCUT2D eigenvalue weighted by Gasteiger charge is -2.13. The summed E-state index contributed by atoms with van der Waals surface area (Å²) in [5.41, 5.74) is 0.985. The third-order valence-electron chi connectivity index (χ3n) is 3.49. The summed E-state index contributed by atoms with van der Waals surface area (Å²) >= 11 is 7.99. The molecule has 0 bridgehead atoms.